The highest BCUT2D eigenvalue weighted by molar-refractivity contribution is 7.98. The minimum atomic E-state index is -0.0903. The Hall–Kier alpha value is -2.75. The van der Waals surface area contributed by atoms with Crippen LogP contribution in [0.25, 0.3) is 10.2 Å². The molecule has 0 aliphatic heterocycles. The molecule has 9 heteroatoms. The van der Waals surface area contributed by atoms with Gasteiger partial charge in [-0.2, -0.15) is 0 Å². The molecule has 4 aromatic rings. The van der Waals surface area contributed by atoms with E-state index in [0.717, 1.165) is 22.6 Å². The summed E-state index contributed by atoms with van der Waals surface area (Å²) in [7, 11) is 0. The van der Waals surface area contributed by atoms with Crippen LogP contribution in [-0.2, 0) is 23.5 Å². The molecule has 0 N–H and O–H groups in total. The Morgan fingerprint density at radius 2 is 2.00 bits per heavy atom. The summed E-state index contributed by atoms with van der Waals surface area (Å²) < 4.78 is 1.64. The molecule has 3 aromatic heterocycles. The number of thiazole rings is 1. The molecule has 1 amide bonds. The van der Waals surface area contributed by atoms with E-state index in [1.165, 1.54) is 46.9 Å². The Morgan fingerprint density at radius 3 is 2.69 bits per heavy atom. The van der Waals surface area contributed by atoms with Crippen LogP contribution in [0.1, 0.15) is 25.1 Å². The van der Waals surface area contributed by atoms with Gasteiger partial charge in [-0.15, -0.1) is 29.3 Å². The number of hydrogen-bond donors (Lipinski definition) is 0. The Bertz CT molecular complexity index is 1320. The summed E-state index contributed by atoms with van der Waals surface area (Å²) in [5, 5.41) is 5.71. The van der Waals surface area contributed by atoms with Crippen molar-refractivity contribution in [1.29, 1.82) is 0 Å². The zero-order valence-electron chi connectivity index (χ0n) is 17.8. The fourth-order valence-corrected chi connectivity index (χ4v) is 5.94. The van der Waals surface area contributed by atoms with Crippen molar-refractivity contribution in [2.24, 2.45) is 0 Å². The summed E-state index contributed by atoms with van der Waals surface area (Å²) in [4.78, 5) is 36.9. The zero-order chi connectivity index (χ0) is 22.7. The molecule has 0 fully saturated rings. The second-order valence-corrected chi connectivity index (χ2v) is 9.70. The Kier molecular flexibility index (Phi) is 6.88. The van der Waals surface area contributed by atoms with Crippen molar-refractivity contribution in [3.63, 3.8) is 0 Å². The van der Waals surface area contributed by atoms with Gasteiger partial charge >= 0.3 is 0 Å². The second-order valence-electron chi connectivity index (χ2n) is 7.02. The minimum Gasteiger partial charge on any atom is -0.283 e. The van der Waals surface area contributed by atoms with Crippen LogP contribution in [0.2, 0.25) is 0 Å². The highest BCUT2D eigenvalue weighted by Crippen LogP contribution is 2.31. The van der Waals surface area contributed by atoms with Crippen molar-refractivity contribution < 1.29 is 4.79 Å². The van der Waals surface area contributed by atoms with E-state index in [1.54, 1.807) is 21.6 Å². The standard InChI is InChI=1S/C23H22N4O2S3/c1-4-11-26-21(29)19-10-12-30-20(19)25-22(26)31-13-17-14-32-23(24-17)27(15(3)28)18-8-6-16(5-2)7-9-18/h4,6-10,12,14H,1,5,11,13H2,2-3H3. The van der Waals surface area contributed by atoms with Crippen LogP contribution in [0.3, 0.4) is 0 Å². The number of aryl methyl sites for hydroxylation is 1. The lowest BCUT2D eigenvalue weighted by molar-refractivity contribution is -0.115. The zero-order valence-corrected chi connectivity index (χ0v) is 20.2. The number of benzene rings is 1. The highest BCUT2D eigenvalue weighted by Gasteiger charge is 2.19. The minimum absolute atomic E-state index is 0.0594. The fraction of sp³-hybridized carbons (Fsp3) is 0.217. The number of carbonyl (C=O) groups is 1. The van der Waals surface area contributed by atoms with Gasteiger partial charge in [-0.3, -0.25) is 19.1 Å². The van der Waals surface area contributed by atoms with E-state index < -0.39 is 0 Å². The number of carbonyl (C=O) groups excluding carboxylic acids is 1. The van der Waals surface area contributed by atoms with Gasteiger partial charge in [0, 0.05) is 24.6 Å². The van der Waals surface area contributed by atoms with Gasteiger partial charge in [-0.1, -0.05) is 36.9 Å². The molecular weight excluding hydrogens is 460 g/mol. The first-order valence-electron chi connectivity index (χ1n) is 10.1. The van der Waals surface area contributed by atoms with Gasteiger partial charge in [-0.25, -0.2) is 9.97 Å². The van der Waals surface area contributed by atoms with Crippen molar-refractivity contribution in [3.8, 4) is 0 Å². The molecule has 164 valence electrons. The second kappa shape index (κ2) is 9.81. The molecule has 4 rings (SSSR count). The van der Waals surface area contributed by atoms with Crippen LogP contribution in [0.15, 0.2) is 63.7 Å². The number of hydrogen-bond acceptors (Lipinski definition) is 7. The average Bonchev–Trinajstić information content (AvgIpc) is 3.45. The summed E-state index contributed by atoms with van der Waals surface area (Å²) in [5.41, 5.74) is 2.79. The molecule has 0 aliphatic rings. The van der Waals surface area contributed by atoms with Gasteiger partial charge < -0.3 is 0 Å². The summed E-state index contributed by atoms with van der Waals surface area (Å²) in [6.07, 6.45) is 2.64. The summed E-state index contributed by atoms with van der Waals surface area (Å²) in [6.45, 7) is 7.80. The van der Waals surface area contributed by atoms with Crippen LogP contribution in [0.5, 0.6) is 0 Å². The average molecular weight is 483 g/mol. The normalized spacial score (nSPS) is 11.1. The van der Waals surface area contributed by atoms with Crippen molar-refractivity contribution in [1.82, 2.24) is 14.5 Å². The number of thiophene rings is 1. The number of allylic oxidation sites excluding steroid dienone is 1. The molecule has 0 saturated heterocycles. The molecule has 0 aliphatic carbocycles. The van der Waals surface area contributed by atoms with E-state index in [2.05, 4.69) is 23.5 Å². The number of rotatable bonds is 8. The summed E-state index contributed by atoms with van der Waals surface area (Å²) in [5.74, 6) is 0.449. The smallest absolute Gasteiger partial charge is 0.263 e. The van der Waals surface area contributed by atoms with Gasteiger partial charge in [0.15, 0.2) is 10.3 Å². The molecular formula is C23H22N4O2S3. The quantitative estimate of drug-likeness (QED) is 0.185. The highest BCUT2D eigenvalue weighted by atomic mass is 32.2. The maximum absolute atomic E-state index is 12.8. The lowest BCUT2D eigenvalue weighted by Gasteiger charge is -2.18. The first kappa shape index (κ1) is 22.4. The van der Waals surface area contributed by atoms with E-state index in [0.29, 0.717) is 28.0 Å². The third-order valence-corrected chi connectivity index (χ3v) is 7.55. The SMILES string of the molecule is C=CCn1c(SCc2csc(N(C(C)=O)c3ccc(CC)cc3)n2)nc2sccc2c1=O. The van der Waals surface area contributed by atoms with E-state index in [-0.39, 0.29) is 11.5 Å². The number of anilines is 2. The first-order chi connectivity index (χ1) is 15.5. The Morgan fingerprint density at radius 1 is 1.22 bits per heavy atom. The third-order valence-electron chi connectivity index (χ3n) is 4.86. The molecule has 6 nitrogen and oxygen atoms in total. The van der Waals surface area contributed by atoms with Crippen molar-refractivity contribution in [2.75, 3.05) is 4.90 Å². The van der Waals surface area contributed by atoms with Crippen molar-refractivity contribution in [2.45, 2.75) is 37.7 Å². The Balaban J connectivity index is 1.57. The Labute approximate surface area is 198 Å². The maximum atomic E-state index is 12.8. The lowest BCUT2D eigenvalue weighted by atomic mass is 10.1. The largest absolute Gasteiger partial charge is 0.283 e. The number of amides is 1. The molecule has 0 spiro atoms. The predicted molar refractivity (Wildman–Crippen MR) is 134 cm³/mol. The van der Waals surface area contributed by atoms with Gasteiger partial charge in [0.1, 0.15) is 4.83 Å². The van der Waals surface area contributed by atoms with E-state index in [1.807, 2.05) is 35.0 Å². The van der Waals surface area contributed by atoms with Crippen molar-refractivity contribution >= 4 is 61.4 Å². The van der Waals surface area contributed by atoms with Crippen molar-refractivity contribution in [3.05, 3.63) is 75.4 Å². The molecule has 0 saturated carbocycles. The molecule has 0 unspecified atom stereocenters. The van der Waals surface area contributed by atoms with E-state index in [4.69, 9.17) is 0 Å². The molecule has 3 heterocycles. The van der Waals surface area contributed by atoms with Crippen LogP contribution in [0.4, 0.5) is 10.8 Å². The summed E-state index contributed by atoms with van der Waals surface area (Å²) in [6, 6.07) is 9.76. The third kappa shape index (κ3) is 4.55. The number of nitrogens with zero attached hydrogens (tertiary/aromatic N) is 4. The van der Waals surface area contributed by atoms with Gasteiger partial charge in [0.25, 0.3) is 5.56 Å². The van der Waals surface area contributed by atoms with Crippen LogP contribution in [0, 0.1) is 0 Å². The van der Waals surface area contributed by atoms with Gasteiger partial charge in [0.05, 0.1) is 16.8 Å². The van der Waals surface area contributed by atoms with Crippen LogP contribution >= 0.6 is 34.4 Å². The van der Waals surface area contributed by atoms with Gasteiger partial charge in [0.2, 0.25) is 5.91 Å². The lowest BCUT2D eigenvalue weighted by Crippen LogP contribution is -2.22. The fourth-order valence-electron chi connectivity index (χ4n) is 3.24. The first-order valence-corrected chi connectivity index (χ1v) is 12.8. The van der Waals surface area contributed by atoms with Crippen LogP contribution in [-0.4, -0.2) is 20.4 Å². The number of thioether (sulfide) groups is 1. The number of aromatic nitrogens is 3. The monoisotopic (exact) mass is 482 g/mol. The molecule has 0 atom stereocenters. The van der Waals surface area contributed by atoms with Crippen LogP contribution < -0.4 is 10.5 Å². The van der Waals surface area contributed by atoms with E-state index >= 15 is 0 Å². The maximum Gasteiger partial charge on any atom is 0.263 e. The van der Waals surface area contributed by atoms with E-state index in [9.17, 15) is 9.59 Å². The van der Waals surface area contributed by atoms with Gasteiger partial charge in [-0.05, 0) is 35.6 Å². The number of fused-ring (bicyclic) bond motifs is 1. The predicted octanol–water partition coefficient (Wildman–Crippen LogP) is 5.64. The summed E-state index contributed by atoms with van der Waals surface area (Å²) >= 11 is 4.34. The molecule has 0 radical (unpaired) electrons. The molecule has 0 bridgehead atoms. The topological polar surface area (TPSA) is 68.1 Å². The molecule has 1 aromatic carbocycles. The molecule has 32 heavy (non-hydrogen) atoms.